The molecule has 0 amide bonds. The first-order valence-corrected chi connectivity index (χ1v) is 7.71. The maximum Gasteiger partial charge on any atom is 0.0408 e. The number of likely N-dealkylation sites (tertiary alicyclic amines) is 1. The van der Waals surface area contributed by atoms with E-state index in [1.165, 1.54) is 36.9 Å². The highest BCUT2D eigenvalue weighted by atomic mass is 35.5. The summed E-state index contributed by atoms with van der Waals surface area (Å²) >= 11 is 6.02. The topological polar surface area (TPSA) is 29.3 Å². The van der Waals surface area contributed by atoms with Crippen LogP contribution >= 0.6 is 11.6 Å². The van der Waals surface area contributed by atoms with Crippen molar-refractivity contribution >= 4 is 11.6 Å². The van der Waals surface area contributed by atoms with Gasteiger partial charge in [-0.1, -0.05) is 31.0 Å². The van der Waals surface area contributed by atoms with E-state index in [1.54, 1.807) is 0 Å². The van der Waals surface area contributed by atoms with E-state index in [4.69, 9.17) is 17.3 Å². The van der Waals surface area contributed by atoms with Crippen LogP contribution in [-0.4, -0.2) is 24.0 Å². The van der Waals surface area contributed by atoms with E-state index in [0.29, 0.717) is 6.04 Å². The second-order valence-electron chi connectivity index (χ2n) is 5.73. The van der Waals surface area contributed by atoms with Crippen LogP contribution in [-0.2, 0) is 6.54 Å². The van der Waals surface area contributed by atoms with Crippen LogP contribution in [0.25, 0.3) is 0 Å². The Labute approximate surface area is 121 Å². The van der Waals surface area contributed by atoms with Crippen molar-refractivity contribution in [3.63, 3.8) is 0 Å². The van der Waals surface area contributed by atoms with Gasteiger partial charge in [-0.15, -0.1) is 0 Å². The van der Waals surface area contributed by atoms with Crippen molar-refractivity contribution in [1.29, 1.82) is 0 Å². The molecule has 0 saturated carbocycles. The van der Waals surface area contributed by atoms with E-state index in [9.17, 15) is 0 Å². The number of piperidine rings is 1. The Morgan fingerprint density at radius 3 is 2.84 bits per heavy atom. The third-order valence-electron chi connectivity index (χ3n) is 4.47. The lowest BCUT2D eigenvalue weighted by molar-refractivity contribution is 0.107. The fraction of sp³-hybridized carbons (Fsp3) is 0.625. The molecule has 3 heteroatoms. The SMILES string of the molecule is CCC1CCN(Cc2ccc(Cl)cc2C)C(CN)C1. The molecule has 0 spiro atoms. The second kappa shape index (κ2) is 6.74. The van der Waals surface area contributed by atoms with Gasteiger partial charge >= 0.3 is 0 Å². The van der Waals surface area contributed by atoms with Gasteiger partial charge in [-0.3, -0.25) is 4.90 Å². The minimum atomic E-state index is 0.536. The first-order chi connectivity index (χ1) is 9.13. The number of rotatable bonds is 4. The standard InChI is InChI=1S/C16H25ClN2/c1-3-13-6-7-19(16(9-13)10-18)11-14-4-5-15(17)8-12(14)2/h4-5,8,13,16H,3,6-7,9-11,18H2,1-2H3. The minimum absolute atomic E-state index is 0.536. The van der Waals surface area contributed by atoms with Gasteiger partial charge in [0.25, 0.3) is 0 Å². The predicted molar refractivity (Wildman–Crippen MR) is 82.5 cm³/mol. The maximum atomic E-state index is 6.02. The summed E-state index contributed by atoms with van der Waals surface area (Å²) in [5.74, 6) is 0.858. The predicted octanol–water partition coefficient (Wildman–Crippen LogP) is 3.60. The van der Waals surface area contributed by atoms with E-state index in [-0.39, 0.29) is 0 Å². The van der Waals surface area contributed by atoms with Gasteiger partial charge in [-0.05, 0) is 55.5 Å². The van der Waals surface area contributed by atoms with Crippen molar-refractivity contribution in [2.24, 2.45) is 11.7 Å². The molecule has 2 unspecified atom stereocenters. The summed E-state index contributed by atoms with van der Waals surface area (Å²) in [7, 11) is 0. The molecular formula is C16H25ClN2. The van der Waals surface area contributed by atoms with E-state index in [0.717, 1.165) is 24.0 Å². The summed E-state index contributed by atoms with van der Waals surface area (Å²) in [6.45, 7) is 7.36. The average molecular weight is 281 g/mol. The average Bonchev–Trinajstić information content (AvgIpc) is 2.42. The molecule has 1 aliphatic heterocycles. The Morgan fingerprint density at radius 2 is 2.21 bits per heavy atom. The lowest BCUT2D eigenvalue weighted by atomic mass is 9.88. The summed E-state index contributed by atoms with van der Waals surface area (Å²) in [5, 5.41) is 0.821. The first-order valence-electron chi connectivity index (χ1n) is 7.33. The van der Waals surface area contributed by atoms with Crippen LogP contribution in [0.4, 0.5) is 0 Å². The van der Waals surface area contributed by atoms with Gasteiger partial charge in [-0.2, -0.15) is 0 Å². The number of halogens is 1. The van der Waals surface area contributed by atoms with Gasteiger partial charge in [0.15, 0.2) is 0 Å². The minimum Gasteiger partial charge on any atom is -0.329 e. The van der Waals surface area contributed by atoms with Crippen molar-refractivity contribution < 1.29 is 0 Å². The molecule has 0 aliphatic carbocycles. The van der Waals surface area contributed by atoms with Crippen LogP contribution in [0.1, 0.15) is 37.3 Å². The molecule has 1 saturated heterocycles. The van der Waals surface area contributed by atoms with E-state index in [1.807, 2.05) is 12.1 Å². The largest absolute Gasteiger partial charge is 0.329 e. The first kappa shape index (κ1) is 14.8. The molecule has 1 aliphatic rings. The number of hydrogen-bond donors (Lipinski definition) is 1. The highest BCUT2D eigenvalue weighted by Crippen LogP contribution is 2.27. The van der Waals surface area contributed by atoms with Crippen molar-refractivity contribution in [3.8, 4) is 0 Å². The molecule has 0 radical (unpaired) electrons. The summed E-state index contributed by atoms with van der Waals surface area (Å²) in [4.78, 5) is 2.54. The number of nitrogens with two attached hydrogens (primary N) is 1. The molecule has 2 nitrogen and oxygen atoms in total. The number of benzene rings is 1. The smallest absolute Gasteiger partial charge is 0.0408 e. The Bertz CT molecular complexity index is 419. The van der Waals surface area contributed by atoms with E-state index < -0.39 is 0 Å². The van der Waals surface area contributed by atoms with Crippen molar-refractivity contribution in [2.45, 2.75) is 45.7 Å². The highest BCUT2D eigenvalue weighted by Gasteiger charge is 2.26. The molecule has 2 rings (SSSR count). The van der Waals surface area contributed by atoms with Crippen molar-refractivity contribution in [1.82, 2.24) is 4.90 Å². The van der Waals surface area contributed by atoms with Gasteiger partial charge in [0, 0.05) is 24.2 Å². The van der Waals surface area contributed by atoms with Gasteiger partial charge in [0.1, 0.15) is 0 Å². The Hall–Kier alpha value is -0.570. The van der Waals surface area contributed by atoms with Crippen LogP contribution in [0.2, 0.25) is 5.02 Å². The van der Waals surface area contributed by atoms with Gasteiger partial charge < -0.3 is 5.73 Å². The third kappa shape index (κ3) is 3.71. The highest BCUT2D eigenvalue weighted by molar-refractivity contribution is 6.30. The molecule has 2 atom stereocenters. The second-order valence-corrected chi connectivity index (χ2v) is 6.17. The van der Waals surface area contributed by atoms with E-state index in [2.05, 4.69) is 24.8 Å². The monoisotopic (exact) mass is 280 g/mol. The normalized spacial score (nSPS) is 24.6. The lowest BCUT2D eigenvalue weighted by Gasteiger charge is -2.39. The maximum absolute atomic E-state index is 6.02. The summed E-state index contributed by atoms with van der Waals surface area (Å²) in [5.41, 5.74) is 8.62. The van der Waals surface area contributed by atoms with Gasteiger partial charge in [0.05, 0.1) is 0 Å². The molecule has 1 fully saturated rings. The summed E-state index contributed by atoms with van der Waals surface area (Å²) in [6, 6.07) is 6.72. The zero-order valence-electron chi connectivity index (χ0n) is 12.0. The molecular weight excluding hydrogens is 256 g/mol. The molecule has 1 heterocycles. The quantitative estimate of drug-likeness (QED) is 0.913. The molecule has 2 N–H and O–H groups in total. The summed E-state index contributed by atoms with van der Waals surface area (Å²) < 4.78 is 0. The summed E-state index contributed by atoms with van der Waals surface area (Å²) in [6.07, 6.45) is 3.84. The van der Waals surface area contributed by atoms with Gasteiger partial charge in [-0.25, -0.2) is 0 Å². The molecule has 106 valence electrons. The number of nitrogens with zero attached hydrogens (tertiary/aromatic N) is 1. The van der Waals surface area contributed by atoms with Crippen molar-refractivity contribution in [2.75, 3.05) is 13.1 Å². The molecule has 1 aromatic rings. The van der Waals surface area contributed by atoms with Crippen LogP contribution in [0.15, 0.2) is 18.2 Å². The molecule has 19 heavy (non-hydrogen) atoms. The fourth-order valence-electron chi connectivity index (χ4n) is 3.06. The number of hydrogen-bond acceptors (Lipinski definition) is 2. The van der Waals surface area contributed by atoms with Crippen LogP contribution < -0.4 is 5.73 Å². The van der Waals surface area contributed by atoms with Crippen LogP contribution in [0.5, 0.6) is 0 Å². The van der Waals surface area contributed by atoms with Crippen LogP contribution in [0.3, 0.4) is 0 Å². The van der Waals surface area contributed by atoms with Crippen LogP contribution in [0, 0.1) is 12.8 Å². The van der Waals surface area contributed by atoms with Crippen molar-refractivity contribution in [3.05, 3.63) is 34.3 Å². The molecule has 1 aromatic carbocycles. The molecule has 0 aromatic heterocycles. The fourth-order valence-corrected chi connectivity index (χ4v) is 3.29. The van der Waals surface area contributed by atoms with Gasteiger partial charge in [0.2, 0.25) is 0 Å². The third-order valence-corrected chi connectivity index (χ3v) is 4.71. The Morgan fingerprint density at radius 1 is 1.42 bits per heavy atom. The Kier molecular flexibility index (Phi) is 5.26. The Balaban J connectivity index is 2.05. The zero-order chi connectivity index (χ0) is 13.8. The zero-order valence-corrected chi connectivity index (χ0v) is 12.8. The number of aryl methyl sites for hydroxylation is 1. The lowest BCUT2D eigenvalue weighted by Crippen LogP contribution is -2.46. The van der Waals surface area contributed by atoms with E-state index >= 15 is 0 Å². The molecule has 0 bridgehead atoms.